The number of carbonyl (C=O) groups excluding carboxylic acids is 1. The van der Waals surface area contributed by atoms with Crippen molar-refractivity contribution in [2.75, 3.05) is 11.5 Å². The van der Waals surface area contributed by atoms with Crippen LogP contribution in [0.1, 0.15) is 37.7 Å². The number of benzene rings is 1. The maximum Gasteiger partial charge on any atom is 0.236 e. The summed E-state index contributed by atoms with van der Waals surface area (Å²) in [5.41, 5.74) is 7.90. The highest BCUT2D eigenvalue weighted by molar-refractivity contribution is 8.00. The number of para-hydroxylation sites is 1. The van der Waals surface area contributed by atoms with Crippen molar-refractivity contribution in [1.29, 1.82) is 0 Å². The van der Waals surface area contributed by atoms with Gasteiger partial charge in [0.25, 0.3) is 0 Å². The number of anilines is 1. The van der Waals surface area contributed by atoms with Crippen LogP contribution >= 0.6 is 11.8 Å². The molecule has 1 unspecified atom stereocenters. The normalized spacial score (nSPS) is 22.5. The zero-order valence-electron chi connectivity index (χ0n) is 11.8. The van der Waals surface area contributed by atoms with Gasteiger partial charge < -0.3 is 10.6 Å². The van der Waals surface area contributed by atoms with Crippen LogP contribution in [0.2, 0.25) is 0 Å². The van der Waals surface area contributed by atoms with E-state index in [2.05, 4.69) is 4.90 Å². The fourth-order valence-electron chi connectivity index (χ4n) is 2.76. The molecule has 1 saturated heterocycles. The largest absolute Gasteiger partial charge is 0.398 e. The lowest BCUT2D eigenvalue weighted by Crippen LogP contribution is -2.40. The molecule has 3 rings (SSSR count). The Balaban J connectivity index is 1.72. The SMILES string of the molecule is Nc1ccccc1CN(C(=O)C1CCCCS1)C1CC1. The maximum absolute atomic E-state index is 12.8. The number of thioether (sulfide) groups is 1. The van der Waals surface area contributed by atoms with Crippen molar-refractivity contribution in [3.63, 3.8) is 0 Å². The fourth-order valence-corrected chi connectivity index (χ4v) is 4.02. The number of nitrogens with two attached hydrogens (primary N) is 1. The molecule has 0 spiro atoms. The lowest BCUT2D eigenvalue weighted by molar-refractivity contribution is -0.132. The van der Waals surface area contributed by atoms with Crippen molar-refractivity contribution in [3.8, 4) is 0 Å². The van der Waals surface area contributed by atoms with E-state index in [1.165, 1.54) is 12.8 Å². The smallest absolute Gasteiger partial charge is 0.236 e. The van der Waals surface area contributed by atoms with E-state index in [-0.39, 0.29) is 5.25 Å². The average molecular weight is 290 g/mol. The predicted octanol–water partition coefficient (Wildman–Crippen LogP) is 3.05. The van der Waals surface area contributed by atoms with Crippen LogP contribution in [-0.4, -0.2) is 27.9 Å². The molecule has 1 saturated carbocycles. The number of carbonyl (C=O) groups is 1. The van der Waals surface area contributed by atoms with Crippen molar-refractivity contribution in [3.05, 3.63) is 29.8 Å². The van der Waals surface area contributed by atoms with Gasteiger partial charge in [0.05, 0.1) is 5.25 Å². The lowest BCUT2D eigenvalue weighted by Gasteiger charge is -2.29. The van der Waals surface area contributed by atoms with Gasteiger partial charge in [-0.2, -0.15) is 0 Å². The first-order valence-electron chi connectivity index (χ1n) is 7.51. The van der Waals surface area contributed by atoms with Gasteiger partial charge in [0.2, 0.25) is 5.91 Å². The number of hydrogen-bond acceptors (Lipinski definition) is 3. The molecule has 108 valence electrons. The zero-order valence-corrected chi connectivity index (χ0v) is 12.6. The summed E-state index contributed by atoms with van der Waals surface area (Å²) in [7, 11) is 0. The van der Waals surface area contributed by atoms with Gasteiger partial charge in [0.1, 0.15) is 0 Å². The minimum Gasteiger partial charge on any atom is -0.398 e. The fraction of sp³-hybridized carbons (Fsp3) is 0.562. The third-order valence-electron chi connectivity index (χ3n) is 4.12. The second-order valence-electron chi connectivity index (χ2n) is 5.75. The summed E-state index contributed by atoms with van der Waals surface area (Å²) in [6, 6.07) is 8.34. The van der Waals surface area contributed by atoms with Crippen molar-refractivity contribution in [2.45, 2.75) is 49.9 Å². The molecule has 0 radical (unpaired) electrons. The van der Waals surface area contributed by atoms with Crippen LogP contribution in [0.5, 0.6) is 0 Å². The lowest BCUT2D eigenvalue weighted by atomic mass is 10.1. The van der Waals surface area contributed by atoms with Crippen LogP contribution in [-0.2, 0) is 11.3 Å². The average Bonchev–Trinajstić information content (AvgIpc) is 3.31. The standard InChI is InChI=1S/C16H22N2OS/c17-14-6-2-1-5-12(14)11-18(13-8-9-13)16(19)15-7-3-4-10-20-15/h1-2,5-6,13,15H,3-4,7-11,17H2. The second kappa shape index (κ2) is 6.08. The number of rotatable bonds is 4. The molecule has 20 heavy (non-hydrogen) atoms. The molecule has 1 aromatic rings. The van der Waals surface area contributed by atoms with Crippen molar-refractivity contribution < 1.29 is 4.79 Å². The second-order valence-corrected chi connectivity index (χ2v) is 7.06. The van der Waals surface area contributed by atoms with Crippen molar-refractivity contribution in [2.24, 2.45) is 0 Å². The Bertz CT molecular complexity index is 481. The van der Waals surface area contributed by atoms with Crippen molar-refractivity contribution in [1.82, 2.24) is 4.90 Å². The van der Waals surface area contributed by atoms with E-state index < -0.39 is 0 Å². The van der Waals surface area contributed by atoms with Crippen LogP contribution in [0.25, 0.3) is 0 Å². The molecule has 2 N–H and O–H groups in total. The molecule has 1 aliphatic carbocycles. The van der Waals surface area contributed by atoms with E-state index in [0.717, 1.165) is 36.3 Å². The van der Waals surface area contributed by atoms with E-state index in [4.69, 9.17) is 5.73 Å². The molecular weight excluding hydrogens is 268 g/mol. The highest BCUT2D eigenvalue weighted by atomic mass is 32.2. The molecule has 2 fully saturated rings. The Morgan fingerprint density at radius 3 is 2.70 bits per heavy atom. The van der Waals surface area contributed by atoms with Crippen LogP contribution < -0.4 is 5.73 Å². The molecular formula is C16H22N2OS. The molecule has 0 aromatic heterocycles. The number of nitrogen functional groups attached to an aromatic ring is 1. The zero-order chi connectivity index (χ0) is 13.9. The first kappa shape index (κ1) is 13.8. The summed E-state index contributed by atoms with van der Waals surface area (Å²) >= 11 is 1.84. The quantitative estimate of drug-likeness (QED) is 0.867. The van der Waals surface area contributed by atoms with Gasteiger partial charge in [-0.25, -0.2) is 0 Å². The van der Waals surface area contributed by atoms with Gasteiger partial charge in [0, 0.05) is 18.3 Å². The Hall–Kier alpha value is -1.16. The number of amides is 1. The van der Waals surface area contributed by atoms with Crippen molar-refractivity contribution >= 4 is 23.4 Å². The topological polar surface area (TPSA) is 46.3 Å². The monoisotopic (exact) mass is 290 g/mol. The first-order chi connectivity index (χ1) is 9.75. The van der Waals surface area contributed by atoms with Crippen LogP contribution in [0.3, 0.4) is 0 Å². The van der Waals surface area contributed by atoms with Crippen LogP contribution in [0, 0.1) is 0 Å². The summed E-state index contributed by atoms with van der Waals surface area (Å²) in [6.07, 6.45) is 5.78. The highest BCUT2D eigenvalue weighted by Crippen LogP contribution is 2.34. The molecule has 0 bridgehead atoms. The minimum atomic E-state index is 0.175. The Morgan fingerprint density at radius 1 is 1.25 bits per heavy atom. The third kappa shape index (κ3) is 3.11. The maximum atomic E-state index is 12.8. The molecule has 1 heterocycles. The van der Waals surface area contributed by atoms with E-state index in [1.54, 1.807) is 0 Å². The van der Waals surface area contributed by atoms with Gasteiger partial charge in [0.15, 0.2) is 0 Å². The van der Waals surface area contributed by atoms with E-state index in [1.807, 2.05) is 36.0 Å². The van der Waals surface area contributed by atoms with E-state index in [9.17, 15) is 4.79 Å². The van der Waals surface area contributed by atoms with Gasteiger partial charge in [-0.1, -0.05) is 24.6 Å². The Labute approximate surface area is 124 Å². The van der Waals surface area contributed by atoms with Crippen LogP contribution in [0.15, 0.2) is 24.3 Å². The molecule has 2 aliphatic rings. The third-order valence-corrected chi connectivity index (χ3v) is 5.49. The molecule has 1 aromatic carbocycles. The van der Waals surface area contributed by atoms with Crippen LogP contribution in [0.4, 0.5) is 5.69 Å². The van der Waals surface area contributed by atoms with Gasteiger partial charge in [-0.05, 0) is 43.1 Å². The summed E-state index contributed by atoms with van der Waals surface area (Å²) in [6.45, 7) is 0.674. The predicted molar refractivity (Wildman–Crippen MR) is 84.5 cm³/mol. The molecule has 4 heteroatoms. The summed E-state index contributed by atoms with van der Waals surface area (Å²) < 4.78 is 0. The van der Waals surface area contributed by atoms with E-state index in [0.29, 0.717) is 18.5 Å². The molecule has 3 nitrogen and oxygen atoms in total. The number of hydrogen-bond donors (Lipinski definition) is 1. The van der Waals surface area contributed by atoms with Gasteiger partial charge >= 0.3 is 0 Å². The molecule has 1 atom stereocenters. The summed E-state index contributed by atoms with van der Waals surface area (Å²) in [5.74, 6) is 1.46. The Morgan fingerprint density at radius 2 is 2.05 bits per heavy atom. The molecule has 1 amide bonds. The molecule has 1 aliphatic heterocycles. The number of nitrogens with zero attached hydrogens (tertiary/aromatic N) is 1. The highest BCUT2D eigenvalue weighted by Gasteiger charge is 2.36. The summed E-state index contributed by atoms with van der Waals surface area (Å²) in [5, 5.41) is 0.175. The minimum absolute atomic E-state index is 0.175. The van der Waals surface area contributed by atoms with Gasteiger partial charge in [-0.3, -0.25) is 4.79 Å². The summed E-state index contributed by atoms with van der Waals surface area (Å²) in [4.78, 5) is 14.8. The van der Waals surface area contributed by atoms with E-state index >= 15 is 0 Å². The Kier molecular flexibility index (Phi) is 4.20. The first-order valence-corrected chi connectivity index (χ1v) is 8.56. The van der Waals surface area contributed by atoms with Gasteiger partial charge in [-0.15, -0.1) is 11.8 Å².